The molecule has 1 amide bonds. The van der Waals surface area contributed by atoms with Gasteiger partial charge in [-0.2, -0.15) is 0 Å². The number of hydrogen-bond donors (Lipinski definition) is 3. The van der Waals surface area contributed by atoms with E-state index in [0.717, 1.165) is 12.1 Å². The molecule has 0 aliphatic carbocycles. The van der Waals surface area contributed by atoms with Crippen molar-refractivity contribution in [2.75, 3.05) is 10.0 Å². The molecule has 0 unspecified atom stereocenters. The van der Waals surface area contributed by atoms with Gasteiger partial charge < -0.3 is 14.8 Å². The first-order valence-corrected chi connectivity index (χ1v) is 11.5. The van der Waals surface area contributed by atoms with Crippen LogP contribution in [0.15, 0.2) is 77.2 Å². The number of hydrogen-bond acceptors (Lipinski definition) is 6. The Bertz CT molecular complexity index is 1420. The Kier molecular flexibility index (Phi) is 6.28. The molecular formula is C23H18FN3O6S. The Morgan fingerprint density at radius 1 is 0.971 bits per heavy atom. The van der Waals surface area contributed by atoms with E-state index in [0.29, 0.717) is 16.7 Å². The van der Waals surface area contributed by atoms with Crippen molar-refractivity contribution in [2.24, 2.45) is 0 Å². The molecule has 0 fully saturated rings. The standard InChI is InChI=1S/C23H18FN3O6S/c24-15-7-11-17(12-8-15)27-34(31,32)20(22-26-18-3-1-2-4-19(18)33-22)13-14-5-9-16(10-6-14)25-21(28)23(29)30/h1-12,20,27H,13H2,(H,25,28)(H,29,30)/t20-/m0/s1. The van der Waals surface area contributed by atoms with Crippen molar-refractivity contribution >= 4 is 44.4 Å². The number of carboxylic acids is 1. The molecule has 0 radical (unpaired) electrons. The van der Waals surface area contributed by atoms with E-state index in [9.17, 15) is 22.4 Å². The smallest absolute Gasteiger partial charge is 0.394 e. The summed E-state index contributed by atoms with van der Waals surface area (Å²) < 4.78 is 48.1. The second-order valence-electron chi connectivity index (χ2n) is 7.32. The van der Waals surface area contributed by atoms with Crippen LogP contribution in [0.3, 0.4) is 0 Å². The minimum atomic E-state index is -4.10. The van der Waals surface area contributed by atoms with Gasteiger partial charge in [-0.15, -0.1) is 0 Å². The zero-order valence-electron chi connectivity index (χ0n) is 17.4. The maximum absolute atomic E-state index is 13.3. The highest BCUT2D eigenvalue weighted by atomic mass is 32.2. The van der Waals surface area contributed by atoms with Gasteiger partial charge in [0, 0.05) is 11.4 Å². The molecule has 1 atom stereocenters. The first kappa shape index (κ1) is 22.9. The van der Waals surface area contributed by atoms with Crippen LogP contribution in [0.2, 0.25) is 0 Å². The number of para-hydroxylation sites is 2. The molecule has 1 heterocycles. The minimum Gasteiger partial charge on any atom is -0.474 e. The van der Waals surface area contributed by atoms with Crippen molar-refractivity contribution in [3.8, 4) is 0 Å². The molecule has 4 aromatic rings. The second kappa shape index (κ2) is 9.32. The summed E-state index contributed by atoms with van der Waals surface area (Å²) in [4.78, 5) is 26.4. The Labute approximate surface area is 193 Å². The first-order valence-electron chi connectivity index (χ1n) is 9.97. The van der Waals surface area contributed by atoms with E-state index in [4.69, 9.17) is 9.52 Å². The number of rotatable bonds is 7. The fourth-order valence-electron chi connectivity index (χ4n) is 3.23. The molecule has 0 saturated heterocycles. The number of anilines is 2. The maximum Gasteiger partial charge on any atom is 0.394 e. The number of nitrogens with one attached hydrogen (secondary N) is 2. The zero-order valence-corrected chi connectivity index (χ0v) is 18.3. The Hall–Kier alpha value is -4.25. The lowest BCUT2D eigenvalue weighted by atomic mass is 10.1. The molecule has 1 aromatic heterocycles. The van der Waals surface area contributed by atoms with Crippen molar-refractivity contribution in [1.82, 2.24) is 4.98 Å². The molecular weight excluding hydrogens is 465 g/mol. The van der Waals surface area contributed by atoms with Crippen molar-refractivity contribution < 1.29 is 31.9 Å². The van der Waals surface area contributed by atoms with Crippen LogP contribution in [0.5, 0.6) is 0 Å². The molecule has 3 aromatic carbocycles. The summed E-state index contributed by atoms with van der Waals surface area (Å²) in [6, 6.07) is 17.8. The Morgan fingerprint density at radius 2 is 1.62 bits per heavy atom. The SMILES string of the molecule is O=C(O)C(=O)Nc1ccc(C[C@@H](c2nc3ccccc3o2)S(=O)(=O)Nc2ccc(F)cc2)cc1. The second-order valence-corrected chi connectivity index (χ2v) is 9.19. The van der Waals surface area contributed by atoms with Gasteiger partial charge in [-0.05, 0) is 60.5 Å². The molecule has 174 valence electrons. The van der Waals surface area contributed by atoms with E-state index >= 15 is 0 Å². The van der Waals surface area contributed by atoms with Gasteiger partial charge in [0.1, 0.15) is 11.3 Å². The molecule has 0 saturated carbocycles. The number of sulfonamides is 1. The number of fused-ring (bicyclic) bond motifs is 1. The molecule has 11 heteroatoms. The number of aromatic nitrogens is 1. The minimum absolute atomic E-state index is 0.0286. The lowest BCUT2D eigenvalue weighted by molar-refractivity contribution is -0.147. The summed E-state index contributed by atoms with van der Waals surface area (Å²) in [5, 5.41) is 9.67. The summed E-state index contributed by atoms with van der Waals surface area (Å²) >= 11 is 0. The summed E-state index contributed by atoms with van der Waals surface area (Å²) in [5.41, 5.74) is 1.89. The number of carbonyl (C=O) groups excluding carboxylic acids is 1. The lowest BCUT2D eigenvalue weighted by Gasteiger charge is -2.17. The topological polar surface area (TPSA) is 139 Å². The predicted octanol–water partition coefficient (Wildman–Crippen LogP) is 3.72. The van der Waals surface area contributed by atoms with Crippen LogP contribution < -0.4 is 10.0 Å². The van der Waals surface area contributed by atoms with Crippen molar-refractivity contribution in [3.63, 3.8) is 0 Å². The van der Waals surface area contributed by atoms with Gasteiger partial charge in [-0.1, -0.05) is 24.3 Å². The summed E-state index contributed by atoms with van der Waals surface area (Å²) in [6.07, 6.45) is -0.0451. The average Bonchev–Trinajstić information content (AvgIpc) is 3.23. The number of benzene rings is 3. The third-order valence-corrected chi connectivity index (χ3v) is 6.53. The number of nitrogens with zero attached hydrogens (tertiary/aromatic N) is 1. The summed E-state index contributed by atoms with van der Waals surface area (Å²) in [7, 11) is -4.10. The number of amides is 1. The van der Waals surface area contributed by atoms with Gasteiger partial charge in [0.25, 0.3) is 0 Å². The molecule has 4 rings (SSSR count). The largest absolute Gasteiger partial charge is 0.474 e. The highest BCUT2D eigenvalue weighted by Crippen LogP contribution is 2.31. The van der Waals surface area contributed by atoms with E-state index in [1.807, 2.05) is 0 Å². The monoisotopic (exact) mass is 483 g/mol. The number of aliphatic carboxylic acids is 1. The maximum atomic E-state index is 13.3. The number of oxazole rings is 1. The van der Waals surface area contributed by atoms with Gasteiger partial charge in [-0.25, -0.2) is 22.6 Å². The van der Waals surface area contributed by atoms with E-state index in [1.165, 1.54) is 24.3 Å². The van der Waals surface area contributed by atoms with Crippen LogP contribution in [-0.4, -0.2) is 30.4 Å². The molecule has 0 spiro atoms. The molecule has 0 aliphatic heterocycles. The van der Waals surface area contributed by atoms with E-state index in [2.05, 4.69) is 15.0 Å². The Balaban J connectivity index is 1.65. The third kappa shape index (κ3) is 5.21. The van der Waals surface area contributed by atoms with Crippen molar-refractivity contribution in [2.45, 2.75) is 11.7 Å². The summed E-state index contributed by atoms with van der Waals surface area (Å²) in [5.74, 6) is -3.35. The molecule has 0 aliphatic rings. The highest BCUT2D eigenvalue weighted by molar-refractivity contribution is 7.92. The highest BCUT2D eigenvalue weighted by Gasteiger charge is 2.32. The predicted molar refractivity (Wildman–Crippen MR) is 122 cm³/mol. The van der Waals surface area contributed by atoms with Crippen LogP contribution in [0, 0.1) is 5.82 Å². The van der Waals surface area contributed by atoms with Gasteiger partial charge in [0.15, 0.2) is 10.8 Å². The molecule has 0 bridgehead atoms. The lowest BCUT2D eigenvalue weighted by Crippen LogP contribution is -2.24. The molecule has 3 N–H and O–H groups in total. The van der Waals surface area contributed by atoms with Crippen LogP contribution in [0.4, 0.5) is 15.8 Å². The van der Waals surface area contributed by atoms with Crippen LogP contribution in [-0.2, 0) is 26.0 Å². The van der Waals surface area contributed by atoms with Crippen LogP contribution >= 0.6 is 0 Å². The fourth-order valence-corrected chi connectivity index (χ4v) is 4.62. The van der Waals surface area contributed by atoms with E-state index in [1.54, 1.807) is 36.4 Å². The van der Waals surface area contributed by atoms with Crippen molar-refractivity contribution in [3.05, 3.63) is 90.1 Å². The van der Waals surface area contributed by atoms with Gasteiger partial charge in [0.2, 0.25) is 15.9 Å². The third-order valence-electron chi connectivity index (χ3n) is 4.89. The Morgan fingerprint density at radius 3 is 2.26 bits per heavy atom. The van der Waals surface area contributed by atoms with Crippen LogP contribution in [0.1, 0.15) is 16.7 Å². The first-order chi connectivity index (χ1) is 16.2. The number of carbonyl (C=O) groups is 2. The van der Waals surface area contributed by atoms with Gasteiger partial charge in [0.05, 0.1) is 0 Å². The zero-order chi connectivity index (χ0) is 24.3. The average molecular weight is 483 g/mol. The number of carboxylic acid groups (broad SMARTS) is 1. The quantitative estimate of drug-likeness (QED) is 0.341. The van der Waals surface area contributed by atoms with E-state index in [-0.39, 0.29) is 23.7 Å². The van der Waals surface area contributed by atoms with E-state index < -0.39 is 33.0 Å². The van der Waals surface area contributed by atoms with Crippen LogP contribution in [0.25, 0.3) is 11.1 Å². The van der Waals surface area contributed by atoms with Gasteiger partial charge >= 0.3 is 11.9 Å². The fraction of sp³-hybridized carbons (Fsp3) is 0.0870. The van der Waals surface area contributed by atoms with Gasteiger partial charge in [-0.3, -0.25) is 9.52 Å². The number of halogens is 1. The molecule has 34 heavy (non-hydrogen) atoms. The van der Waals surface area contributed by atoms with Crippen molar-refractivity contribution in [1.29, 1.82) is 0 Å². The molecule has 9 nitrogen and oxygen atoms in total. The summed E-state index contributed by atoms with van der Waals surface area (Å²) in [6.45, 7) is 0. The normalized spacial score (nSPS) is 12.3.